The molecule has 1 unspecified atom stereocenters. The van der Waals surface area contributed by atoms with Crippen molar-refractivity contribution < 1.29 is 18.7 Å². The van der Waals surface area contributed by atoms with Crippen LogP contribution in [0.2, 0.25) is 0 Å². The molecule has 0 aromatic carbocycles. The summed E-state index contributed by atoms with van der Waals surface area (Å²) in [6.45, 7) is 4.55. The van der Waals surface area contributed by atoms with Crippen molar-refractivity contribution in [1.29, 1.82) is 0 Å². The fraction of sp³-hybridized carbons (Fsp3) is 0.643. The molecule has 1 amide bonds. The first kappa shape index (κ1) is 14.1. The van der Waals surface area contributed by atoms with Gasteiger partial charge < -0.3 is 19.2 Å². The average molecular weight is 267 g/mol. The minimum atomic E-state index is -0.174. The molecule has 5 heteroatoms. The van der Waals surface area contributed by atoms with Crippen LogP contribution in [0.3, 0.4) is 0 Å². The Labute approximate surface area is 113 Å². The monoisotopic (exact) mass is 267 g/mol. The minimum Gasteiger partial charge on any atom is -0.456 e. The fourth-order valence-electron chi connectivity index (χ4n) is 2.01. The molecule has 0 spiro atoms. The van der Waals surface area contributed by atoms with Crippen LogP contribution in [0.1, 0.15) is 35.6 Å². The van der Waals surface area contributed by atoms with E-state index in [4.69, 9.17) is 13.9 Å². The van der Waals surface area contributed by atoms with E-state index in [2.05, 4.69) is 5.32 Å². The molecule has 19 heavy (non-hydrogen) atoms. The molecule has 106 valence electrons. The molecule has 0 saturated carbocycles. The predicted molar refractivity (Wildman–Crippen MR) is 70.2 cm³/mol. The smallest absolute Gasteiger partial charge is 0.286 e. The lowest BCUT2D eigenvalue weighted by Crippen LogP contribution is -2.25. The Morgan fingerprint density at radius 2 is 2.42 bits per heavy atom. The van der Waals surface area contributed by atoms with E-state index in [9.17, 15) is 4.79 Å². The van der Waals surface area contributed by atoms with E-state index in [1.54, 1.807) is 12.1 Å². The van der Waals surface area contributed by atoms with Crippen molar-refractivity contribution in [3.05, 3.63) is 23.7 Å². The zero-order chi connectivity index (χ0) is 13.5. The topological polar surface area (TPSA) is 60.7 Å². The molecular formula is C14H21NO4. The van der Waals surface area contributed by atoms with Crippen LogP contribution < -0.4 is 5.32 Å². The number of furan rings is 1. The standard InChI is InChI=1S/C14H21NO4/c1-11-5-6-13(19-11)14(16)15-7-3-8-17-10-12-4-2-9-18-12/h5-6,12H,2-4,7-10H2,1H3,(H,15,16). The van der Waals surface area contributed by atoms with E-state index in [1.807, 2.05) is 6.92 Å². The Morgan fingerprint density at radius 3 is 3.11 bits per heavy atom. The predicted octanol–water partition coefficient (Wildman–Crippen LogP) is 1.90. The molecule has 1 fully saturated rings. The van der Waals surface area contributed by atoms with Crippen LogP contribution in [0.5, 0.6) is 0 Å². The van der Waals surface area contributed by atoms with Gasteiger partial charge in [0.2, 0.25) is 0 Å². The lowest BCUT2D eigenvalue weighted by Gasteiger charge is -2.10. The van der Waals surface area contributed by atoms with Gasteiger partial charge in [0.15, 0.2) is 5.76 Å². The van der Waals surface area contributed by atoms with Gasteiger partial charge in [0.25, 0.3) is 5.91 Å². The van der Waals surface area contributed by atoms with E-state index in [0.29, 0.717) is 25.5 Å². The lowest BCUT2D eigenvalue weighted by atomic mass is 10.2. The molecule has 1 aromatic rings. The summed E-state index contributed by atoms with van der Waals surface area (Å²) in [5.74, 6) is 0.926. The SMILES string of the molecule is Cc1ccc(C(=O)NCCCOCC2CCCO2)o1. The van der Waals surface area contributed by atoms with Crippen molar-refractivity contribution in [2.24, 2.45) is 0 Å². The van der Waals surface area contributed by atoms with Crippen molar-refractivity contribution in [2.75, 3.05) is 26.4 Å². The van der Waals surface area contributed by atoms with Crippen molar-refractivity contribution in [3.63, 3.8) is 0 Å². The van der Waals surface area contributed by atoms with E-state index >= 15 is 0 Å². The zero-order valence-corrected chi connectivity index (χ0v) is 11.3. The second-order valence-corrected chi connectivity index (χ2v) is 4.73. The van der Waals surface area contributed by atoms with Gasteiger partial charge >= 0.3 is 0 Å². The summed E-state index contributed by atoms with van der Waals surface area (Å²) in [6, 6.07) is 3.46. The van der Waals surface area contributed by atoms with Gasteiger partial charge in [-0.05, 0) is 38.3 Å². The highest BCUT2D eigenvalue weighted by Gasteiger charge is 2.15. The van der Waals surface area contributed by atoms with Crippen LogP contribution in [0.25, 0.3) is 0 Å². The van der Waals surface area contributed by atoms with Crippen LogP contribution in [0.15, 0.2) is 16.5 Å². The molecule has 5 nitrogen and oxygen atoms in total. The maximum atomic E-state index is 11.6. The third kappa shape index (κ3) is 4.69. The number of carbonyl (C=O) groups is 1. The normalized spacial score (nSPS) is 18.7. The van der Waals surface area contributed by atoms with Gasteiger partial charge in [-0.2, -0.15) is 0 Å². The summed E-state index contributed by atoms with van der Waals surface area (Å²) in [4.78, 5) is 11.6. The van der Waals surface area contributed by atoms with Crippen LogP contribution >= 0.6 is 0 Å². The molecule has 0 bridgehead atoms. The molecule has 1 N–H and O–H groups in total. The summed E-state index contributed by atoms with van der Waals surface area (Å²) < 4.78 is 16.2. The first-order valence-corrected chi connectivity index (χ1v) is 6.79. The molecule has 1 atom stereocenters. The van der Waals surface area contributed by atoms with Gasteiger partial charge in [-0.1, -0.05) is 0 Å². The van der Waals surface area contributed by atoms with Crippen LogP contribution in [0, 0.1) is 6.92 Å². The summed E-state index contributed by atoms with van der Waals surface area (Å²) >= 11 is 0. The molecule has 0 radical (unpaired) electrons. The average Bonchev–Trinajstić information content (AvgIpc) is 3.04. The number of ether oxygens (including phenoxy) is 2. The number of carbonyl (C=O) groups excluding carboxylic acids is 1. The number of hydrogen-bond donors (Lipinski definition) is 1. The van der Waals surface area contributed by atoms with E-state index in [1.165, 1.54) is 0 Å². The van der Waals surface area contributed by atoms with Gasteiger partial charge in [-0.25, -0.2) is 0 Å². The summed E-state index contributed by atoms with van der Waals surface area (Å²) in [7, 11) is 0. The van der Waals surface area contributed by atoms with Gasteiger partial charge in [0, 0.05) is 19.8 Å². The van der Waals surface area contributed by atoms with E-state index < -0.39 is 0 Å². The quantitative estimate of drug-likeness (QED) is 0.767. The van der Waals surface area contributed by atoms with Crippen molar-refractivity contribution in [2.45, 2.75) is 32.3 Å². The largest absolute Gasteiger partial charge is 0.456 e. The summed E-state index contributed by atoms with van der Waals surface area (Å²) in [6.07, 6.45) is 3.28. The van der Waals surface area contributed by atoms with Crippen molar-refractivity contribution in [1.82, 2.24) is 5.32 Å². The Kier molecular flexibility index (Phi) is 5.42. The molecule has 1 aromatic heterocycles. The lowest BCUT2D eigenvalue weighted by molar-refractivity contribution is 0.0166. The molecule has 2 rings (SSSR count). The summed E-state index contributed by atoms with van der Waals surface area (Å²) in [5.41, 5.74) is 0. The van der Waals surface area contributed by atoms with Gasteiger partial charge in [0.05, 0.1) is 12.7 Å². The number of hydrogen-bond acceptors (Lipinski definition) is 4. The van der Waals surface area contributed by atoms with Crippen molar-refractivity contribution in [3.8, 4) is 0 Å². The second-order valence-electron chi connectivity index (χ2n) is 4.73. The first-order valence-electron chi connectivity index (χ1n) is 6.79. The highest BCUT2D eigenvalue weighted by atomic mass is 16.5. The highest BCUT2D eigenvalue weighted by molar-refractivity contribution is 5.91. The maximum absolute atomic E-state index is 11.6. The second kappa shape index (κ2) is 7.31. The van der Waals surface area contributed by atoms with E-state index in [0.717, 1.165) is 31.6 Å². The minimum absolute atomic E-state index is 0.174. The summed E-state index contributed by atoms with van der Waals surface area (Å²) in [5, 5.41) is 2.80. The molecule has 1 saturated heterocycles. The maximum Gasteiger partial charge on any atom is 0.286 e. The number of rotatable bonds is 7. The van der Waals surface area contributed by atoms with E-state index in [-0.39, 0.29) is 12.0 Å². The van der Waals surface area contributed by atoms with Crippen molar-refractivity contribution >= 4 is 5.91 Å². The number of nitrogens with one attached hydrogen (secondary N) is 1. The third-order valence-corrected chi connectivity index (χ3v) is 3.04. The number of aryl methyl sites for hydroxylation is 1. The van der Waals surface area contributed by atoms with Crippen LogP contribution in [-0.2, 0) is 9.47 Å². The molecule has 0 aliphatic carbocycles. The molecule has 1 aliphatic rings. The van der Waals surface area contributed by atoms with Gasteiger partial charge in [0.1, 0.15) is 5.76 Å². The zero-order valence-electron chi connectivity index (χ0n) is 11.3. The van der Waals surface area contributed by atoms with Gasteiger partial charge in [-0.15, -0.1) is 0 Å². The molecular weight excluding hydrogens is 246 g/mol. The fourth-order valence-corrected chi connectivity index (χ4v) is 2.01. The number of amides is 1. The van der Waals surface area contributed by atoms with Gasteiger partial charge in [-0.3, -0.25) is 4.79 Å². The molecule has 2 heterocycles. The Balaban J connectivity index is 1.50. The molecule has 1 aliphatic heterocycles. The highest BCUT2D eigenvalue weighted by Crippen LogP contribution is 2.11. The Morgan fingerprint density at radius 1 is 1.53 bits per heavy atom. The first-order chi connectivity index (χ1) is 9.25. The third-order valence-electron chi connectivity index (χ3n) is 3.04. The van der Waals surface area contributed by atoms with Crippen LogP contribution in [0.4, 0.5) is 0 Å². The Bertz CT molecular complexity index is 396. The van der Waals surface area contributed by atoms with Crippen LogP contribution in [-0.4, -0.2) is 38.4 Å². The Hall–Kier alpha value is -1.33.